The lowest BCUT2D eigenvalue weighted by Crippen LogP contribution is -2.05. The van der Waals surface area contributed by atoms with Crippen molar-refractivity contribution in [1.82, 2.24) is 4.57 Å². The van der Waals surface area contributed by atoms with Gasteiger partial charge in [-0.2, -0.15) is 0 Å². The minimum Gasteiger partial charge on any atom is -0.454 e. The smallest absolute Gasteiger partial charge is 0.197 e. The fourth-order valence-corrected chi connectivity index (χ4v) is 4.53. The van der Waals surface area contributed by atoms with Crippen molar-refractivity contribution < 1.29 is 22.8 Å². The lowest BCUT2D eigenvalue weighted by atomic mass is 10.1. The summed E-state index contributed by atoms with van der Waals surface area (Å²) < 4.78 is 37.2. The van der Waals surface area contributed by atoms with Crippen molar-refractivity contribution in [1.29, 1.82) is 0 Å². The van der Waals surface area contributed by atoms with E-state index in [4.69, 9.17) is 4.42 Å². The maximum absolute atomic E-state index is 14.9. The number of ketones is 2. The monoisotopic (exact) mass is 465 g/mol. The zero-order valence-electron chi connectivity index (χ0n) is 18.5. The number of hydrogen-bond acceptors (Lipinski definition) is 3. The zero-order chi connectivity index (χ0) is 24.3. The van der Waals surface area contributed by atoms with Crippen molar-refractivity contribution in [3.05, 3.63) is 118 Å². The molecule has 4 nitrogen and oxygen atoms in total. The highest BCUT2D eigenvalue weighted by atomic mass is 19.1. The molecule has 0 spiro atoms. The van der Waals surface area contributed by atoms with Gasteiger partial charge in [0, 0.05) is 28.8 Å². The molecule has 1 aliphatic rings. The van der Waals surface area contributed by atoms with Crippen LogP contribution in [-0.2, 0) is 0 Å². The molecule has 0 bridgehead atoms. The van der Waals surface area contributed by atoms with Crippen LogP contribution in [0.25, 0.3) is 34.2 Å². The predicted molar refractivity (Wildman–Crippen MR) is 129 cm³/mol. The number of hydrogen-bond donors (Lipinski definition) is 0. The fraction of sp³-hybridized carbons (Fsp3) is 0.0345. The first-order chi connectivity index (χ1) is 16.9. The quantitative estimate of drug-likeness (QED) is 0.214. The molecule has 0 saturated carbocycles. The molecule has 0 saturated heterocycles. The number of aromatic nitrogens is 1. The molecule has 0 radical (unpaired) electrons. The lowest BCUT2D eigenvalue weighted by molar-refractivity contribution is 0.0990. The van der Waals surface area contributed by atoms with Gasteiger partial charge in [0.2, 0.25) is 0 Å². The van der Waals surface area contributed by atoms with E-state index in [0.717, 1.165) is 23.3 Å². The van der Waals surface area contributed by atoms with Crippen LogP contribution in [0, 0.1) is 18.6 Å². The number of aryl methyl sites for hydroxylation is 1. The Labute approximate surface area is 198 Å². The third-order valence-corrected chi connectivity index (χ3v) is 6.18. The molecule has 6 heteroatoms. The molecule has 0 unspecified atom stereocenters. The molecule has 0 amide bonds. The summed E-state index contributed by atoms with van der Waals surface area (Å²) in [4.78, 5) is 26.1. The van der Waals surface area contributed by atoms with E-state index in [2.05, 4.69) is 0 Å². The number of carbonyl (C=O) groups is 2. The van der Waals surface area contributed by atoms with Gasteiger partial charge in [-0.3, -0.25) is 9.59 Å². The minimum atomic E-state index is -0.785. The Morgan fingerprint density at radius 3 is 2.26 bits per heavy atom. The van der Waals surface area contributed by atoms with Crippen LogP contribution in [0.4, 0.5) is 8.78 Å². The number of furan rings is 1. The summed E-state index contributed by atoms with van der Waals surface area (Å²) in [5, 5.41) is 0. The molecular formula is C29H17F2NO3. The van der Waals surface area contributed by atoms with Crippen LogP contribution in [0.5, 0.6) is 0 Å². The van der Waals surface area contributed by atoms with E-state index in [1.807, 2.05) is 37.3 Å². The molecule has 2 heterocycles. The fourth-order valence-electron chi connectivity index (χ4n) is 4.53. The number of fused-ring (bicyclic) bond motifs is 2. The van der Waals surface area contributed by atoms with Gasteiger partial charge in [-0.1, -0.05) is 54.1 Å². The molecule has 6 rings (SSSR count). The van der Waals surface area contributed by atoms with Gasteiger partial charge < -0.3 is 8.98 Å². The van der Waals surface area contributed by atoms with Crippen LogP contribution >= 0.6 is 0 Å². The number of Topliss-reactive ketones (excluding diaryl/α,β-unsaturated/α-hetero) is 2. The van der Waals surface area contributed by atoms with E-state index >= 15 is 0 Å². The summed E-state index contributed by atoms with van der Waals surface area (Å²) in [5.74, 6) is -1.89. The Balaban J connectivity index is 1.59. The average molecular weight is 465 g/mol. The van der Waals surface area contributed by atoms with Crippen LogP contribution in [-0.4, -0.2) is 16.1 Å². The summed E-state index contributed by atoms with van der Waals surface area (Å²) in [5.41, 5.74) is 2.95. The second-order valence-corrected chi connectivity index (χ2v) is 8.47. The van der Waals surface area contributed by atoms with E-state index < -0.39 is 23.2 Å². The van der Waals surface area contributed by atoms with Crippen molar-refractivity contribution in [3.63, 3.8) is 0 Å². The molecule has 0 N–H and O–H groups in total. The second-order valence-electron chi connectivity index (χ2n) is 8.47. The van der Waals surface area contributed by atoms with E-state index in [0.29, 0.717) is 28.0 Å². The third-order valence-electron chi connectivity index (χ3n) is 6.18. The molecule has 1 aliphatic carbocycles. The van der Waals surface area contributed by atoms with Crippen LogP contribution in [0.3, 0.4) is 0 Å². The topological polar surface area (TPSA) is 52.2 Å². The number of nitrogens with zero attached hydrogens (tertiary/aromatic N) is 1. The molecule has 2 aromatic heterocycles. The first-order valence-electron chi connectivity index (χ1n) is 11.0. The summed E-state index contributed by atoms with van der Waals surface area (Å²) >= 11 is 0. The molecule has 0 atom stereocenters. The van der Waals surface area contributed by atoms with Crippen molar-refractivity contribution >= 4 is 28.7 Å². The Hall–Kier alpha value is -4.58. The van der Waals surface area contributed by atoms with Gasteiger partial charge in [-0.15, -0.1) is 0 Å². The second kappa shape index (κ2) is 7.74. The van der Waals surface area contributed by atoms with Gasteiger partial charge in [-0.25, -0.2) is 8.78 Å². The number of rotatable bonds is 3. The third kappa shape index (κ3) is 3.26. The molecule has 0 aliphatic heterocycles. The van der Waals surface area contributed by atoms with Gasteiger partial charge in [-0.05, 0) is 31.2 Å². The summed E-state index contributed by atoms with van der Waals surface area (Å²) in [7, 11) is 0. The molecular weight excluding hydrogens is 448 g/mol. The molecule has 170 valence electrons. The van der Waals surface area contributed by atoms with E-state index in [-0.39, 0.29) is 17.0 Å². The van der Waals surface area contributed by atoms with E-state index in [1.165, 1.54) is 16.7 Å². The average Bonchev–Trinajstić information content (AvgIpc) is 3.47. The summed E-state index contributed by atoms with van der Waals surface area (Å²) in [6.45, 7) is 1.84. The Morgan fingerprint density at radius 2 is 1.51 bits per heavy atom. The van der Waals surface area contributed by atoms with Gasteiger partial charge in [0.1, 0.15) is 23.1 Å². The van der Waals surface area contributed by atoms with Crippen LogP contribution in [0.1, 0.15) is 32.0 Å². The van der Waals surface area contributed by atoms with Crippen LogP contribution in [0.2, 0.25) is 0 Å². The van der Waals surface area contributed by atoms with Crippen LogP contribution < -0.4 is 0 Å². The van der Waals surface area contributed by atoms with Crippen molar-refractivity contribution in [2.75, 3.05) is 0 Å². The molecule has 35 heavy (non-hydrogen) atoms. The Morgan fingerprint density at radius 1 is 0.800 bits per heavy atom. The number of allylic oxidation sites excluding steroid dienone is 1. The predicted octanol–water partition coefficient (Wildman–Crippen LogP) is 6.94. The van der Waals surface area contributed by atoms with Gasteiger partial charge in [0.15, 0.2) is 17.1 Å². The minimum absolute atomic E-state index is 0.0629. The SMILES string of the molecule is Cc1ccc2c(c1)C(=O)/C(=C\c1cc3oc(-c4ccccc4)cc3n1-c1c(F)cccc1F)C2=O. The highest BCUT2D eigenvalue weighted by Crippen LogP contribution is 2.36. The van der Waals surface area contributed by atoms with Gasteiger partial charge in [0.05, 0.1) is 16.8 Å². The lowest BCUT2D eigenvalue weighted by Gasteiger charge is -2.10. The maximum atomic E-state index is 14.9. The summed E-state index contributed by atoms with van der Waals surface area (Å²) in [6.07, 6.45) is 1.38. The van der Waals surface area contributed by atoms with Crippen molar-refractivity contribution in [2.45, 2.75) is 6.92 Å². The Kier molecular flexibility index (Phi) is 4.64. The van der Waals surface area contributed by atoms with E-state index in [9.17, 15) is 18.4 Å². The number of carbonyl (C=O) groups excluding carboxylic acids is 2. The molecule has 5 aromatic rings. The Bertz CT molecular complexity index is 1690. The highest BCUT2D eigenvalue weighted by Gasteiger charge is 2.33. The molecule has 0 fully saturated rings. The normalized spacial score (nSPS) is 14.3. The van der Waals surface area contributed by atoms with Gasteiger partial charge >= 0.3 is 0 Å². The highest BCUT2D eigenvalue weighted by molar-refractivity contribution is 6.41. The number of para-hydroxylation sites is 1. The number of halogens is 2. The van der Waals surface area contributed by atoms with E-state index in [1.54, 1.807) is 30.3 Å². The number of benzene rings is 3. The standard InChI is InChI=1S/C29H17F2NO3/c1-16-10-11-19-20(12-16)29(34)21(28(19)33)13-18-14-26-24(15-25(35-26)17-6-3-2-4-7-17)32(18)27-22(30)8-5-9-23(27)31/h2-15H,1H3/b21-13-. The summed E-state index contributed by atoms with van der Waals surface area (Å²) in [6, 6.07) is 21.2. The van der Waals surface area contributed by atoms with Crippen molar-refractivity contribution in [3.8, 4) is 17.0 Å². The van der Waals surface area contributed by atoms with Crippen molar-refractivity contribution in [2.24, 2.45) is 0 Å². The zero-order valence-corrected chi connectivity index (χ0v) is 18.5. The first kappa shape index (κ1) is 21.0. The largest absolute Gasteiger partial charge is 0.454 e. The molecule has 3 aromatic carbocycles. The maximum Gasteiger partial charge on any atom is 0.197 e. The van der Waals surface area contributed by atoms with Crippen LogP contribution in [0.15, 0.2) is 88.9 Å². The first-order valence-corrected chi connectivity index (χ1v) is 11.0. The van der Waals surface area contributed by atoms with Gasteiger partial charge in [0.25, 0.3) is 0 Å².